The summed E-state index contributed by atoms with van der Waals surface area (Å²) in [5, 5.41) is 8.58. The highest BCUT2D eigenvalue weighted by molar-refractivity contribution is 5.47. The van der Waals surface area contributed by atoms with Gasteiger partial charge in [0.25, 0.3) is 0 Å². The first-order chi connectivity index (χ1) is 7.72. The molecular weight excluding hydrogens is 198 g/mol. The Morgan fingerprint density at radius 3 is 2.25 bits per heavy atom. The monoisotopic (exact) mass is 217 g/mol. The van der Waals surface area contributed by atoms with E-state index in [9.17, 15) is 0 Å². The second-order valence-electron chi connectivity index (χ2n) is 3.73. The lowest BCUT2D eigenvalue weighted by molar-refractivity contribution is 0.748. The van der Waals surface area contributed by atoms with Crippen molar-refractivity contribution in [1.82, 2.24) is 0 Å². The van der Waals surface area contributed by atoms with Crippen molar-refractivity contribution in [1.29, 1.82) is 5.26 Å². The molecule has 2 N–H and O–H groups in total. The Hall–Kier alpha value is -1.53. The second kappa shape index (κ2) is 6.14. The smallest absolute Gasteiger partial charge is 0.0641 e. The Balaban J connectivity index is 2.78. The van der Waals surface area contributed by atoms with Crippen LogP contribution in [0.2, 0.25) is 0 Å². The Labute approximate surface area is 97.5 Å². The third-order valence-electron chi connectivity index (χ3n) is 2.76. The van der Waals surface area contributed by atoms with Crippen LogP contribution in [0, 0.1) is 11.3 Å². The minimum atomic E-state index is -0.171. The van der Waals surface area contributed by atoms with Gasteiger partial charge in [0.1, 0.15) is 0 Å². The molecule has 0 fully saturated rings. The summed E-state index contributed by atoms with van der Waals surface area (Å²) in [4.78, 5) is 2.28. The molecule has 0 saturated carbocycles. The second-order valence-corrected chi connectivity index (χ2v) is 3.73. The Bertz CT molecular complexity index is 346. The molecule has 3 nitrogen and oxygen atoms in total. The lowest BCUT2D eigenvalue weighted by Crippen LogP contribution is -2.21. The minimum Gasteiger partial charge on any atom is -0.372 e. The quantitative estimate of drug-likeness (QED) is 0.824. The summed E-state index contributed by atoms with van der Waals surface area (Å²) in [5.41, 5.74) is 8.09. The average Bonchev–Trinajstić information content (AvgIpc) is 2.32. The first-order valence-electron chi connectivity index (χ1n) is 5.70. The number of hydrogen-bond acceptors (Lipinski definition) is 3. The molecule has 3 heteroatoms. The van der Waals surface area contributed by atoms with Gasteiger partial charge < -0.3 is 10.6 Å². The highest BCUT2D eigenvalue weighted by atomic mass is 15.1. The molecule has 1 rings (SSSR count). The van der Waals surface area contributed by atoms with E-state index in [0.29, 0.717) is 6.42 Å². The Kier molecular flexibility index (Phi) is 4.81. The van der Waals surface area contributed by atoms with E-state index in [-0.39, 0.29) is 6.04 Å². The molecule has 86 valence electrons. The molecule has 0 aliphatic rings. The molecule has 0 saturated heterocycles. The van der Waals surface area contributed by atoms with E-state index in [0.717, 1.165) is 18.7 Å². The molecular formula is C13H19N3. The van der Waals surface area contributed by atoms with Gasteiger partial charge in [-0.05, 0) is 31.5 Å². The van der Waals surface area contributed by atoms with Crippen molar-refractivity contribution in [3.8, 4) is 6.07 Å². The summed E-state index contributed by atoms with van der Waals surface area (Å²) in [5.74, 6) is 0. The lowest BCUT2D eigenvalue weighted by Gasteiger charge is -2.21. The van der Waals surface area contributed by atoms with Crippen LogP contribution in [0.15, 0.2) is 24.3 Å². The van der Waals surface area contributed by atoms with Crippen molar-refractivity contribution in [3.05, 3.63) is 29.8 Å². The standard InChI is InChI=1S/C13H19N3/c1-3-16(4-2)12-7-5-11(6-8-12)13(15)9-10-14/h5-8,13H,3-4,9,15H2,1-2H3/t13-/m0/s1. The first-order valence-corrected chi connectivity index (χ1v) is 5.70. The van der Waals surface area contributed by atoms with Crippen molar-refractivity contribution in [3.63, 3.8) is 0 Å². The summed E-state index contributed by atoms with van der Waals surface area (Å²) in [6, 6.07) is 10.1. The van der Waals surface area contributed by atoms with Crippen molar-refractivity contribution in [2.45, 2.75) is 26.3 Å². The predicted molar refractivity (Wildman–Crippen MR) is 67.2 cm³/mol. The molecule has 0 unspecified atom stereocenters. The van der Waals surface area contributed by atoms with Gasteiger partial charge in [-0.3, -0.25) is 0 Å². The third-order valence-corrected chi connectivity index (χ3v) is 2.76. The maximum Gasteiger partial charge on any atom is 0.0641 e. The van der Waals surface area contributed by atoms with Crippen LogP contribution in [0.1, 0.15) is 31.9 Å². The van der Waals surface area contributed by atoms with E-state index >= 15 is 0 Å². The van der Waals surface area contributed by atoms with Crippen LogP contribution in [-0.2, 0) is 0 Å². The molecule has 16 heavy (non-hydrogen) atoms. The van der Waals surface area contributed by atoms with Gasteiger partial charge in [0.2, 0.25) is 0 Å². The van der Waals surface area contributed by atoms with Crippen molar-refractivity contribution >= 4 is 5.69 Å². The Morgan fingerprint density at radius 2 is 1.81 bits per heavy atom. The van der Waals surface area contributed by atoms with Gasteiger partial charge in [-0.25, -0.2) is 0 Å². The van der Waals surface area contributed by atoms with Crippen molar-refractivity contribution in [2.24, 2.45) is 5.73 Å². The third kappa shape index (κ3) is 2.98. The van der Waals surface area contributed by atoms with E-state index in [2.05, 4.69) is 36.9 Å². The Morgan fingerprint density at radius 1 is 1.25 bits per heavy atom. The summed E-state index contributed by atoms with van der Waals surface area (Å²) in [6.45, 7) is 6.28. The fourth-order valence-electron chi connectivity index (χ4n) is 1.74. The number of benzene rings is 1. The molecule has 0 aromatic heterocycles. The van der Waals surface area contributed by atoms with Crippen LogP contribution in [-0.4, -0.2) is 13.1 Å². The lowest BCUT2D eigenvalue weighted by atomic mass is 10.0. The van der Waals surface area contributed by atoms with Gasteiger partial charge in [-0.1, -0.05) is 12.1 Å². The summed E-state index contributed by atoms with van der Waals surface area (Å²) in [6.07, 6.45) is 0.366. The number of nitrogens with zero attached hydrogens (tertiary/aromatic N) is 2. The van der Waals surface area contributed by atoms with Crippen molar-refractivity contribution < 1.29 is 0 Å². The van der Waals surface area contributed by atoms with E-state index in [1.165, 1.54) is 5.69 Å². The van der Waals surface area contributed by atoms with Crippen LogP contribution in [0.5, 0.6) is 0 Å². The molecule has 0 amide bonds. The first kappa shape index (κ1) is 12.5. The van der Waals surface area contributed by atoms with Crippen molar-refractivity contribution in [2.75, 3.05) is 18.0 Å². The van der Waals surface area contributed by atoms with Gasteiger partial charge in [0.15, 0.2) is 0 Å². The number of nitrogens with two attached hydrogens (primary N) is 1. The topological polar surface area (TPSA) is 53.0 Å². The number of nitriles is 1. The fourth-order valence-corrected chi connectivity index (χ4v) is 1.74. The van der Waals surface area contributed by atoms with Gasteiger partial charge in [-0.2, -0.15) is 5.26 Å². The van der Waals surface area contributed by atoms with E-state index in [4.69, 9.17) is 11.0 Å². The van der Waals surface area contributed by atoms with Gasteiger partial charge in [0.05, 0.1) is 12.5 Å². The predicted octanol–water partition coefficient (Wildman–Crippen LogP) is 2.45. The fraction of sp³-hybridized carbons (Fsp3) is 0.462. The highest BCUT2D eigenvalue weighted by Gasteiger charge is 2.06. The molecule has 0 heterocycles. The molecule has 0 aliphatic heterocycles. The summed E-state index contributed by atoms with van der Waals surface area (Å²) >= 11 is 0. The van der Waals surface area contributed by atoms with Crippen LogP contribution in [0.25, 0.3) is 0 Å². The largest absolute Gasteiger partial charge is 0.372 e. The zero-order valence-electron chi connectivity index (χ0n) is 9.98. The number of hydrogen-bond donors (Lipinski definition) is 1. The number of rotatable bonds is 5. The molecule has 1 aromatic rings. The van der Waals surface area contributed by atoms with Gasteiger partial charge in [-0.15, -0.1) is 0 Å². The van der Waals surface area contributed by atoms with E-state index in [1.807, 2.05) is 12.1 Å². The molecule has 0 bridgehead atoms. The zero-order valence-corrected chi connectivity index (χ0v) is 9.98. The van der Waals surface area contributed by atoms with Crippen LogP contribution in [0.4, 0.5) is 5.69 Å². The van der Waals surface area contributed by atoms with Gasteiger partial charge >= 0.3 is 0 Å². The zero-order chi connectivity index (χ0) is 12.0. The summed E-state index contributed by atoms with van der Waals surface area (Å²) < 4.78 is 0. The van der Waals surface area contributed by atoms with E-state index < -0.39 is 0 Å². The average molecular weight is 217 g/mol. The molecule has 1 atom stereocenters. The SMILES string of the molecule is CCN(CC)c1ccc([C@@H](N)CC#N)cc1. The molecule has 1 aromatic carbocycles. The normalized spacial score (nSPS) is 11.9. The summed E-state index contributed by atoms with van der Waals surface area (Å²) in [7, 11) is 0. The number of anilines is 1. The van der Waals surface area contributed by atoms with Crippen LogP contribution >= 0.6 is 0 Å². The molecule has 0 radical (unpaired) electrons. The molecule has 0 aliphatic carbocycles. The maximum absolute atomic E-state index is 8.58. The van der Waals surface area contributed by atoms with Crippen LogP contribution < -0.4 is 10.6 Å². The minimum absolute atomic E-state index is 0.171. The van der Waals surface area contributed by atoms with E-state index in [1.54, 1.807) is 0 Å². The van der Waals surface area contributed by atoms with Gasteiger partial charge in [0, 0.05) is 24.8 Å². The molecule has 0 spiro atoms. The maximum atomic E-state index is 8.58. The van der Waals surface area contributed by atoms with Crippen LogP contribution in [0.3, 0.4) is 0 Å². The highest BCUT2D eigenvalue weighted by Crippen LogP contribution is 2.19.